The van der Waals surface area contributed by atoms with E-state index in [9.17, 15) is 13.0 Å². The van der Waals surface area contributed by atoms with Crippen molar-refractivity contribution in [3.63, 3.8) is 0 Å². The summed E-state index contributed by atoms with van der Waals surface area (Å²) in [5, 5.41) is 0. The molecule has 8 heteroatoms. The van der Waals surface area contributed by atoms with Crippen molar-refractivity contribution < 1.29 is 42.5 Å². The van der Waals surface area contributed by atoms with Crippen LogP contribution in [0.3, 0.4) is 0 Å². The molecule has 3 aromatic carbocycles. The van der Waals surface area contributed by atoms with E-state index in [1.165, 1.54) is 16.7 Å². The molecule has 0 aliphatic carbocycles. The van der Waals surface area contributed by atoms with Crippen molar-refractivity contribution in [1.82, 2.24) is 0 Å². The molecule has 172 valence electrons. The van der Waals surface area contributed by atoms with Crippen LogP contribution in [0.15, 0.2) is 77.0 Å². The van der Waals surface area contributed by atoms with E-state index < -0.39 is 10.1 Å². The van der Waals surface area contributed by atoms with Crippen molar-refractivity contribution in [2.24, 2.45) is 0 Å². The largest absolute Gasteiger partial charge is 1.00 e. The van der Waals surface area contributed by atoms with Crippen LogP contribution < -0.4 is 34.5 Å². The summed E-state index contributed by atoms with van der Waals surface area (Å²) >= 11 is 3.29. The fourth-order valence-electron chi connectivity index (χ4n) is 4.02. The second-order valence-corrected chi connectivity index (χ2v) is 11.6. The van der Waals surface area contributed by atoms with Crippen LogP contribution in [0.1, 0.15) is 28.7 Å². The molecule has 0 N–H and O–H groups in total. The van der Waals surface area contributed by atoms with Gasteiger partial charge in [-0.2, -0.15) is 0 Å². The Morgan fingerprint density at radius 3 is 2.00 bits per heavy atom. The molecule has 0 aromatic heterocycles. The Hall–Kier alpha value is -1.19. The minimum absolute atomic E-state index is 0. The molecule has 1 aliphatic heterocycles. The van der Waals surface area contributed by atoms with Crippen molar-refractivity contribution in [2.45, 2.75) is 19.9 Å². The standard InChI is InChI=1S/C26H27NO3S3.Na/c1-19-12-14-20(15-13-19)18-27-23-10-5-3-8-21(23)25(22-9-4-6-11-24(22)27)26(31-2)32-16-7-17-33(28,29)30;/h3-6,8-15H,7,16-18H2,1-2H3,(H,28,29,30);/q;+1/p-1. The van der Waals surface area contributed by atoms with Gasteiger partial charge in [-0.1, -0.05) is 66.2 Å². The number of fused-ring (bicyclic) bond motifs is 2. The van der Waals surface area contributed by atoms with Gasteiger partial charge in [0.1, 0.15) is 0 Å². The maximum Gasteiger partial charge on any atom is 1.00 e. The summed E-state index contributed by atoms with van der Waals surface area (Å²) in [7, 11) is -4.18. The number of hydrogen-bond acceptors (Lipinski definition) is 6. The molecule has 0 bridgehead atoms. The summed E-state index contributed by atoms with van der Waals surface area (Å²) < 4.78 is 34.1. The van der Waals surface area contributed by atoms with Crippen molar-refractivity contribution >= 4 is 50.6 Å². The third-order valence-corrected chi connectivity index (χ3v) is 8.73. The van der Waals surface area contributed by atoms with Crippen molar-refractivity contribution in [2.75, 3.05) is 22.7 Å². The van der Waals surface area contributed by atoms with Crippen LogP contribution in [-0.4, -0.2) is 30.7 Å². The zero-order chi connectivity index (χ0) is 23.4. The predicted octanol–water partition coefficient (Wildman–Crippen LogP) is 3.40. The predicted molar refractivity (Wildman–Crippen MR) is 141 cm³/mol. The van der Waals surface area contributed by atoms with E-state index in [1.807, 2.05) is 6.26 Å². The number of para-hydroxylation sites is 2. The monoisotopic (exact) mass is 519 g/mol. The van der Waals surface area contributed by atoms with Gasteiger partial charge in [-0.15, -0.1) is 23.5 Å². The molecule has 1 aliphatic rings. The molecule has 1 heterocycles. The minimum Gasteiger partial charge on any atom is -0.748 e. The van der Waals surface area contributed by atoms with E-state index in [-0.39, 0.29) is 35.3 Å². The quantitative estimate of drug-likeness (QED) is 0.258. The summed E-state index contributed by atoms with van der Waals surface area (Å²) in [6.07, 6.45) is 2.39. The van der Waals surface area contributed by atoms with Gasteiger partial charge in [0.2, 0.25) is 0 Å². The average molecular weight is 520 g/mol. The number of nitrogens with zero attached hydrogens (tertiary/aromatic N) is 1. The van der Waals surface area contributed by atoms with Crippen molar-refractivity contribution in [3.05, 3.63) is 99.3 Å². The van der Waals surface area contributed by atoms with E-state index in [0.29, 0.717) is 12.2 Å². The van der Waals surface area contributed by atoms with Crippen LogP contribution >= 0.6 is 23.5 Å². The number of rotatable bonds is 8. The van der Waals surface area contributed by atoms with Crippen LogP contribution in [0.2, 0.25) is 0 Å². The first-order chi connectivity index (χ1) is 15.9. The zero-order valence-corrected chi connectivity index (χ0v) is 24.1. The van der Waals surface area contributed by atoms with Gasteiger partial charge in [-0.25, -0.2) is 8.42 Å². The first kappa shape index (κ1) is 27.4. The zero-order valence-electron chi connectivity index (χ0n) is 19.7. The molecule has 0 spiro atoms. The SMILES string of the molecule is CSC(SCCCS(=O)(=O)[O-])=C1c2ccccc2N(Cc2ccc(C)cc2)c2ccccc21.[Na+]. The summed E-state index contributed by atoms with van der Waals surface area (Å²) in [6.45, 7) is 2.87. The minimum atomic E-state index is -4.18. The van der Waals surface area contributed by atoms with Crippen LogP contribution in [0.4, 0.5) is 11.4 Å². The molecule has 3 aromatic rings. The Balaban J connectivity index is 0.00000324. The van der Waals surface area contributed by atoms with Gasteiger partial charge in [-0.05, 0) is 43.0 Å². The number of benzene rings is 3. The van der Waals surface area contributed by atoms with Crippen molar-refractivity contribution in [1.29, 1.82) is 0 Å². The molecule has 0 amide bonds. The Morgan fingerprint density at radius 2 is 1.47 bits per heavy atom. The van der Waals surface area contributed by atoms with Gasteiger partial charge in [0.25, 0.3) is 0 Å². The second kappa shape index (κ2) is 12.2. The van der Waals surface area contributed by atoms with E-state index in [2.05, 4.69) is 84.6 Å². The van der Waals surface area contributed by atoms with Crippen molar-refractivity contribution in [3.8, 4) is 0 Å². The Bertz CT molecular complexity index is 1220. The van der Waals surface area contributed by atoms with Gasteiger partial charge in [-0.3, -0.25) is 0 Å². The average Bonchev–Trinajstić information content (AvgIpc) is 2.80. The molecule has 4 rings (SSSR count). The molecule has 0 saturated heterocycles. The number of anilines is 2. The third-order valence-electron chi connectivity index (χ3n) is 5.55. The van der Waals surface area contributed by atoms with Crippen LogP contribution in [0.25, 0.3) is 5.57 Å². The Kier molecular flexibility index (Phi) is 9.81. The fraction of sp³-hybridized carbons (Fsp3) is 0.231. The van der Waals surface area contributed by atoms with Gasteiger partial charge in [0, 0.05) is 44.6 Å². The topological polar surface area (TPSA) is 60.4 Å². The second-order valence-electron chi connectivity index (χ2n) is 7.94. The molecule has 0 atom stereocenters. The first-order valence-corrected chi connectivity index (χ1v) is 14.5. The summed E-state index contributed by atoms with van der Waals surface area (Å²) in [5.74, 6) is 0.257. The van der Waals surface area contributed by atoms with Gasteiger partial charge < -0.3 is 9.45 Å². The van der Waals surface area contributed by atoms with E-state index >= 15 is 0 Å². The smallest absolute Gasteiger partial charge is 0.748 e. The molecule has 4 nitrogen and oxygen atoms in total. The van der Waals surface area contributed by atoms with E-state index in [0.717, 1.165) is 33.3 Å². The van der Waals surface area contributed by atoms with Crippen LogP contribution in [0.5, 0.6) is 0 Å². The van der Waals surface area contributed by atoms with E-state index in [4.69, 9.17) is 0 Å². The third kappa shape index (κ3) is 6.52. The van der Waals surface area contributed by atoms with Gasteiger partial charge in [0.05, 0.1) is 10.1 Å². The molecular formula is C26H26NNaO3S3. The fourth-order valence-corrected chi connectivity index (χ4v) is 6.68. The van der Waals surface area contributed by atoms with E-state index in [1.54, 1.807) is 23.5 Å². The molecule has 0 saturated carbocycles. The summed E-state index contributed by atoms with van der Waals surface area (Å²) in [4.78, 5) is 2.37. The molecule has 0 fully saturated rings. The summed E-state index contributed by atoms with van der Waals surface area (Å²) in [5.41, 5.74) is 8.30. The van der Waals surface area contributed by atoms with Gasteiger partial charge in [0.15, 0.2) is 0 Å². The normalized spacial score (nSPS) is 12.6. The van der Waals surface area contributed by atoms with Crippen LogP contribution in [0, 0.1) is 6.92 Å². The molecule has 0 unspecified atom stereocenters. The number of hydrogen-bond donors (Lipinski definition) is 0. The summed E-state index contributed by atoms with van der Waals surface area (Å²) in [6, 6.07) is 25.5. The molecule has 34 heavy (non-hydrogen) atoms. The Morgan fingerprint density at radius 1 is 0.912 bits per heavy atom. The number of thioether (sulfide) groups is 2. The molecular weight excluding hydrogens is 493 g/mol. The maximum atomic E-state index is 11.0. The Labute approximate surface area is 233 Å². The number of aryl methyl sites for hydroxylation is 1. The van der Waals surface area contributed by atoms with Gasteiger partial charge >= 0.3 is 29.6 Å². The first-order valence-electron chi connectivity index (χ1n) is 10.7. The molecule has 0 radical (unpaired) electrons. The van der Waals surface area contributed by atoms with Crippen LogP contribution in [-0.2, 0) is 16.7 Å². The maximum absolute atomic E-state index is 11.0.